The van der Waals surface area contributed by atoms with Crippen molar-refractivity contribution >= 4 is 12.4 Å². The first kappa shape index (κ1) is 18.4. The van der Waals surface area contributed by atoms with Crippen molar-refractivity contribution in [1.82, 2.24) is 9.78 Å². The Morgan fingerprint density at radius 1 is 1.18 bits per heavy atom. The van der Waals surface area contributed by atoms with Gasteiger partial charge in [-0.3, -0.25) is 0 Å². The molecule has 0 saturated carbocycles. The van der Waals surface area contributed by atoms with E-state index in [1.54, 1.807) is 12.1 Å². The molecule has 0 amide bonds. The smallest absolute Gasteiger partial charge is 0.123 e. The predicted molar refractivity (Wildman–Crippen MR) is 109 cm³/mol. The van der Waals surface area contributed by atoms with Crippen LogP contribution in [0.5, 0.6) is 0 Å². The van der Waals surface area contributed by atoms with Crippen molar-refractivity contribution in [2.45, 2.75) is 32.6 Å². The van der Waals surface area contributed by atoms with Crippen molar-refractivity contribution in [3.63, 3.8) is 0 Å². The number of benzene rings is 2. The zero-order valence-electron chi connectivity index (χ0n) is 16.1. The summed E-state index contributed by atoms with van der Waals surface area (Å²) < 4.78 is 15.1. The van der Waals surface area contributed by atoms with Crippen LogP contribution < -0.4 is 0 Å². The molecule has 0 fully saturated rings. The highest BCUT2D eigenvalue weighted by atomic mass is 19.1. The minimum atomic E-state index is -0.261. The predicted octanol–water partition coefficient (Wildman–Crippen LogP) is 5.35. The fraction of sp³-hybridized carbons (Fsp3) is 0.250. The maximum Gasteiger partial charge on any atom is 0.123 e. The number of carbonyl (C=O) groups is 1. The fourth-order valence-electron chi connectivity index (χ4n) is 4.32. The number of halogens is 1. The first-order valence-electron chi connectivity index (χ1n) is 9.53. The van der Waals surface area contributed by atoms with Gasteiger partial charge in [-0.05, 0) is 66.1 Å². The van der Waals surface area contributed by atoms with Crippen LogP contribution in [-0.2, 0) is 11.2 Å². The van der Waals surface area contributed by atoms with Gasteiger partial charge in [-0.25, -0.2) is 9.07 Å². The summed E-state index contributed by atoms with van der Waals surface area (Å²) >= 11 is 0. The van der Waals surface area contributed by atoms with E-state index < -0.39 is 0 Å². The Morgan fingerprint density at radius 3 is 2.57 bits per heavy atom. The van der Waals surface area contributed by atoms with E-state index in [1.807, 2.05) is 29.1 Å². The number of aromatic nitrogens is 2. The second kappa shape index (κ2) is 7.19. The second-order valence-electron chi connectivity index (χ2n) is 7.73. The first-order valence-corrected chi connectivity index (χ1v) is 9.53. The number of hydrogen-bond donors (Lipinski definition) is 0. The number of aldehydes is 1. The van der Waals surface area contributed by atoms with Crippen molar-refractivity contribution in [2.24, 2.45) is 5.41 Å². The Labute approximate surface area is 164 Å². The van der Waals surface area contributed by atoms with Gasteiger partial charge in [-0.15, -0.1) is 0 Å². The molecule has 0 spiro atoms. The molecule has 2 atom stereocenters. The molecule has 0 bridgehead atoms. The summed E-state index contributed by atoms with van der Waals surface area (Å²) in [5.74, 6) is -0.159. The molecule has 3 nitrogen and oxygen atoms in total. The molecule has 0 radical (unpaired) electrons. The molecule has 3 aromatic rings. The Bertz CT molecular complexity index is 1020. The molecule has 0 N–H and O–H groups in total. The zero-order chi connectivity index (χ0) is 19.7. The summed E-state index contributed by atoms with van der Waals surface area (Å²) in [5, 5.41) is 4.56. The highest BCUT2D eigenvalue weighted by molar-refractivity contribution is 5.62. The quantitative estimate of drug-likeness (QED) is 0.564. The van der Waals surface area contributed by atoms with Gasteiger partial charge in [0.05, 0.1) is 17.6 Å². The lowest BCUT2D eigenvalue weighted by Gasteiger charge is -2.41. The number of fused-ring (bicyclic) bond motifs is 1. The maximum absolute atomic E-state index is 13.3. The van der Waals surface area contributed by atoms with E-state index >= 15 is 0 Å². The van der Waals surface area contributed by atoms with Crippen LogP contribution in [0, 0.1) is 11.2 Å². The lowest BCUT2D eigenvalue weighted by atomic mass is 9.63. The van der Waals surface area contributed by atoms with Crippen LogP contribution in [0.1, 0.15) is 43.0 Å². The van der Waals surface area contributed by atoms with Crippen LogP contribution in [0.25, 0.3) is 11.8 Å². The number of rotatable bonds is 5. The first-order chi connectivity index (χ1) is 13.5. The summed E-state index contributed by atoms with van der Waals surface area (Å²) in [6.45, 7) is 4.36. The summed E-state index contributed by atoms with van der Waals surface area (Å²) in [4.78, 5) is 11.5. The molecule has 1 aliphatic rings. The third-order valence-corrected chi connectivity index (χ3v) is 6.07. The number of hydrogen-bond acceptors (Lipinski definition) is 2. The van der Waals surface area contributed by atoms with Gasteiger partial charge < -0.3 is 4.79 Å². The SMILES string of the molecule is CC1=Cc2c(cnn2-c2ccc(F)cc2)CC1(C)[C@@H](CC=O)c1ccccc1. The van der Waals surface area contributed by atoms with Crippen LogP contribution in [0.2, 0.25) is 0 Å². The highest BCUT2D eigenvalue weighted by Crippen LogP contribution is 2.49. The average molecular weight is 374 g/mol. The molecular formula is C24H23FN2O. The van der Waals surface area contributed by atoms with Gasteiger partial charge in [0.25, 0.3) is 0 Å². The molecule has 28 heavy (non-hydrogen) atoms. The van der Waals surface area contributed by atoms with Gasteiger partial charge in [0.15, 0.2) is 0 Å². The Balaban J connectivity index is 1.76. The van der Waals surface area contributed by atoms with Gasteiger partial charge in [-0.2, -0.15) is 5.10 Å². The maximum atomic E-state index is 13.3. The highest BCUT2D eigenvalue weighted by Gasteiger charge is 2.40. The van der Waals surface area contributed by atoms with Crippen molar-refractivity contribution < 1.29 is 9.18 Å². The zero-order valence-corrected chi connectivity index (χ0v) is 16.1. The minimum Gasteiger partial charge on any atom is -0.303 e. The van der Waals surface area contributed by atoms with E-state index in [4.69, 9.17) is 0 Å². The molecule has 4 heteroatoms. The topological polar surface area (TPSA) is 34.9 Å². The molecule has 0 saturated heterocycles. The summed E-state index contributed by atoms with van der Waals surface area (Å²) in [7, 11) is 0. The third-order valence-electron chi connectivity index (χ3n) is 6.07. The van der Waals surface area contributed by atoms with Gasteiger partial charge in [0.2, 0.25) is 0 Å². The van der Waals surface area contributed by atoms with Crippen LogP contribution in [0.4, 0.5) is 4.39 Å². The fourth-order valence-corrected chi connectivity index (χ4v) is 4.32. The van der Waals surface area contributed by atoms with E-state index in [-0.39, 0.29) is 17.2 Å². The molecule has 0 aliphatic heterocycles. The summed E-state index contributed by atoms with van der Waals surface area (Å²) in [6, 6.07) is 16.6. The summed E-state index contributed by atoms with van der Waals surface area (Å²) in [5.41, 5.74) is 5.23. The Hall–Kier alpha value is -3.01. The monoisotopic (exact) mass is 374 g/mol. The minimum absolute atomic E-state index is 0.102. The molecule has 4 rings (SSSR count). The second-order valence-corrected chi connectivity index (χ2v) is 7.73. The Morgan fingerprint density at radius 2 is 1.89 bits per heavy atom. The normalized spacial score (nSPS) is 19.6. The molecule has 1 aliphatic carbocycles. The van der Waals surface area contributed by atoms with E-state index in [0.717, 1.165) is 29.7 Å². The van der Waals surface area contributed by atoms with Gasteiger partial charge in [0.1, 0.15) is 12.1 Å². The van der Waals surface area contributed by atoms with Crippen molar-refractivity contribution in [3.8, 4) is 5.69 Å². The van der Waals surface area contributed by atoms with Crippen molar-refractivity contribution in [3.05, 3.63) is 89.0 Å². The molecule has 1 unspecified atom stereocenters. The van der Waals surface area contributed by atoms with Crippen LogP contribution in [-0.4, -0.2) is 16.1 Å². The van der Waals surface area contributed by atoms with Crippen molar-refractivity contribution in [2.75, 3.05) is 0 Å². The average Bonchev–Trinajstić information content (AvgIpc) is 3.10. The van der Waals surface area contributed by atoms with Crippen molar-refractivity contribution in [1.29, 1.82) is 0 Å². The lowest BCUT2D eigenvalue weighted by Crippen LogP contribution is -2.32. The van der Waals surface area contributed by atoms with Crippen LogP contribution in [0.3, 0.4) is 0 Å². The Kier molecular flexibility index (Phi) is 4.71. The van der Waals surface area contributed by atoms with Gasteiger partial charge in [0, 0.05) is 6.42 Å². The molecule has 142 valence electrons. The lowest BCUT2D eigenvalue weighted by molar-refractivity contribution is -0.108. The van der Waals surface area contributed by atoms with Crippen LogP contribution in [0.15, 0.2) is 66.4 Å². The molecule has 1 aromatic heterocycles. The number of nitrogens with zero attached hydrogens (tertiary/aromatic N) is 2. The van der Waals surface area contributed by atoms with E-state index in [0.29, 0.717) is 6.42 Å². The van der Waals surface area contributed by atoms with Crippen LogP contribution >= 0.6 is 0 Å². The third kappa shape index (κ3) is 3.09. The number of carbonyl (C=O) groups excluding carboxylic acids is 1. The van der Waals surface area contributed by atoms with E-state index in [2.05, 4.69) is 37.2 Å². The largest absolute Gasteiger partial charge is 0.303 e. The van der Waals surface area contributed by atoms with E-state index in [9.17, 15) is 9.18 Å². The van der Waals surface area contributed by atoms with E-state index in [1.165, 1.54) is 23.3 Å². The number of allylic oxidation sites excluding steroid dienone is 1. The molecular weight excluding hydrogens is 351 g/mol. The summed E-state index contributed by atoms with van der Waals surface area (Å²) in [6.07, 6.45) is 6.36. The van der Waals surface area contributed by atoms with Gasteiger partial charge in [-0.1, -0.05) is 42.8 Å². The van der Waals surface area contributed by atoms with Gasteiger partial charge >= 0.3 is 0 Å². The molecule has 1 heterocycles. The standard InChI is InChI=1S/C24H23FN2O/c1-17-14-23-19(16-26-27(23)21-10-8-20(25)9-11-21)15-24(17,2)22(12-13-28)18-6-4-3-5-7-18/h3-11,13-14,16,22H,12,15H2,1-2H3/t22-,24?/m0/s1. The molecule has 2 aromatic carbocycles.